The molecular formula is C28H27N5OS. The van der Waals surface area contributed by atoms with Crippen LogP contribution in [0.1, 0.15) is 23.6 Å². The zero-order valence-corrected chi connectivity index (χ0v) is 20.8. The Morgan fingerprint density at radius 1 is 0.943 bits per heavy atom. The van der Waals surface area contributed by atoms with Crippen molar-refractivity contribution in [3.05, 3.63) is 101 Å². The van der Waals surface area contributed by atoms with Crippen LogP contribution in [0.2, 0.25) is 0 Å². The molecule has 0 saturated heterocycles. The van der Waals surface area contributed by atoms with E-state index in [1.807, 2.05) is 79.1 Å². The summed E-state index contributed by atoms with van der Waals surface area (Å²) < 4.78 is 1.98. The highest BCUT2D eigenvalue weighted by atomic mass is 32.2. The van der Waals surface area contributed by atoms with Gasteiger partial charge in [-0.3, -0.25) is 9.36 Å². The van der Waals surface area contributed by atoms with Gasteiger partial charge in [0.25, 0.3) is 5.91 Å². The van der Waals surface area contributed by atoms with Crippen LogP contribution in [0.4, 0.5) is 0 Å². The Balaban J connectivity index is 1.47. The maximum Gasteiger partial charge on any atom is 0.250 e. The van der Waals surface area contributed by atoms with Gasteiger partial charge in [0, 0.05) is 11.3 Å². The lowest BCUT2D eigenvalue weighted by molar-refractivity contribution is -0.118. The molecule has 0 aliphatic carbocycles. The lowest BCUT2D eigenvalue weighted by Crippen LogP contribution is -2.20. The van der Waals surface area contributed by atoms with Crippen molar-refractivity contribution in [2.24, 2.45) is 5.10 Å². The van der Waals surface area contributed by atoms with E-state index in [4.69, 9.17) is 0 Å². The van der Waals surface area contributed by atoms with E-state index >= 15 is 0 Å². The summed E-state index contributed by atoms with van der Waals surface area (Å²) in [5.41, 5.74) is 8.86. The summed E-state index contributed by atoms with van der Waals surface area (Å²) in [4.78, 5) is 12.4. The maximum absolute atomic E-state index is 12.4. The second-order valence-electron chi connectivity index (χ2n) is 8.22. The van der Waals surface area contributed by atoms with Gasteiger partial charge in [-0.2, -0.15) is 5.10 Å². The minimum atomic E-state index is -0.214. The van der Waals surface area contributed by atoms with Crippen molar-refractivity contribution in [2.75, 3.05) is 5.75 Å². The number of hydrogen-bond acceptors (Lipinski definition) is 5. The summed E-state index contributed by atoms with van der Waals surface area (Å²) in [6.07, 6.45) is 3.64. The first kappa shape index (κ1) is 24.2. The number of hydrogen-bond donors (Lipinski definition) is 1. The van der Waals surface area contributed by atoms with Crippen LogP contribution >= 0.6 is 11.8 Å². The summed E-state index contributed by atoms with van der Waals surface area (Å²) in [7, 11) is 0. The highest BCUT2D eigenvalue weighted by Crippen LogP contribution is 2.28. The second kappa shape index (κ2) is 11.4. The molecule has 3 aromatic carbocycles. The average Bonchev–Trinajstić information content (AvgIpc) is 3.28. The van der Waals surface area contributed by atoms with Crippen LogP contribution in [0.15, 0.2) is 94.7 Å². The number of rotatable bonds is 8. The van der Waals surface area contributed by atoms with Gasteiger partial charge in [0.15, 0.2) is 11.0 Å². The van der Waals surface area contributed by atoms with E-state index in [-0.39, 0.29) is 11.7 Å². The predicted octanol–water partition coefficient (Wildman–Crippen LogP) is 5.85. The molecule has 1 amide bonds. The molecule has 1 heterocycles. The number of benzene rings is 3. The monoisotopic (exact) mass is 481 g/mol. The molecule has 176 valence electrons. The van der Waals surface area contributed by atoms with Crippen LogP contribution in [0, 0.1) is 13.8 Å². The van der Waals surface area contributed by atoms with E-state index in [1.54, 1.807) is 6.21 Å². The molecule has 0 radical (unpaired) electrons. The molecule has 0 fully saturated rings. The minimum absolute atomic E-state index is 0.163. The Hall–Kier alpha value is -3.97. The summed E-state index contributed by atoms with van der Waals surface area (Å²) in [5, 5.41) is 13.6. The summed E-state index contributed by atoms with van der Waals surface area (Å²) in [6, 6.07) is 26.3. The first-order chi connectivity index (χ1) is 17.0. The lowest BCUT2D eigenvalue weighted by atomic mass is 10.1. The fraction of sp³-hybridized carbons (Fsp3) is 0.143. The fourth-order valence-corrected chi connectivity index (χ4v) is 4.14. The number of hydrazone groups is 1. The van der Waals surface area contributed by atoms with Crippen LogP contribution < -0.4 is 5.43 Å². The van der Waals surface area contributed by atoms with E-state index in [9.17, 15) is 4.79 Å². The zero-order valence-electron chi connectivity index (χ0n) is 20.0. The van der Waals surface area contributed by atoms with E-state index in [1.165, 1.54) is 22.9 Å². The molecule has 1 N–H and O–H groups in total. The van der Waals surface area contributed by atoms with Gasteiger partial charge in [0.05, 0.1) is 12.0 Å². The molecule has 0 atom stereocenters. The van der Waals surface area contributed by atoms with Crippen molar-refractivity contribution < 1.29 is 4.79 Å². The normalized spacial score (nSPS) is 11.7. The van der Waals surface area contributed by atoms with Crippen LogP contribution in [-0.2, 0) is 4.79 Å². The third kappa shape index (κ3) is 6.55. The van der Waals surface area contributed by atoms with E-state index in [2.05, 4.69) is 51.9 Å². The van der Waals surface area contributed by atoms with Gasteiger partial charge in [-0.05, 0) is 44.0 Å². The zero-order chi connectivity index (χ0) is 24.6. The van der Waals surface area contributed by atoms with E-state index in [0.29, 0.717) is 5.16 Å². The first-order valence-electron chi connectivity index (χ1n) is 11.3. The number of allylic oxidation sites excluding steroid dienone is 1. The summed E-state index contributed by atoms with van der Waals surface area (Å²) >= 11 is 1.32. The molecule has 0 saturated carbocycles. The van der Waals surface area contributed by atoms with Gasteiger partial charge < -0.3 is 0 Å². The summed E-state index contributed by atoms with van der Waals surface area (Å²) in [5.74, 6) is 0.682. The number of amides is 1. The Bertz CT molecular complexity index is 1340. The molecule has 1 aromatic heterocycles. The Kier molecular flexibility index (Phi) is 7.90. The van der Waals surface area contributed by atoms with E-state index < -0.39 is 0 Å². The number of carbonyl (C=O) groups is 1. The molecule has 0 aliphatic rings. The van der Waals surface area contributed by atoms with Gasteiger partial charge in [-0.25, -0.2) is 5.43 Å². The fourth-order valence-electron chi connectivity index (χ4n) is 3.40. The second-order valence-corrected chi connectivity index (χ2v) is 9.17. The topological polar surface area (TPSA) is 72.2 Å². The van der Waals surface area contributed by atoms with Crippen LogP contribution in [-0.4, -0.2) is 32.6 Å². The third-order valence-electron chi connectivity index (χ3n) is 5.22. The number of thioether (sulfide) groups is 1. The number of carbonyl (C=O) groups excluding carboxylic acids is 1. The van der Waals surface area contributed by atoms with Crippen molar-refractivity contribution in [1.82, 2.24) is 20.2 Å². The molecular weight excluding hydrogens is 454 g/mol. The molecule has 0 aliphatic heterocycles. The minimum Gasteiger partial charge on any atom is -0.272 e. The predicted molar refractivity (Wildman–Crippen MR) is 144 cm³/mol. The number of nitrogens with zero attached hydrogens (tertiary/aromatic N) is 4. The van der Waals surface area contributed by atoms with Crippen LogP contribution in [0.25, 0.3) is 23.2 Å². The van der Waals surface area contributed by atoms with Gasteiger partial charge in [-0.1, -0.05) is 95.7 Å². The molecule has 6 nitrogen and oxygen atoms in total. The molecule has 0 bridgehead atoms. The lowest BCUT2D eigenvalue weighted by Gasteiger charge is -2.11. The van der Waals surface area contributed by atoms with Gasteiger partial charge in [-0.15, -0.1) is 10.2 Å². The largest absolute Gasteiger partial charge is 0.272 e. The Morgan fingerprint density at radius 3 is 2.29 bits per heavy atom. The summed E-state index contributed by atoms with van der Waals surface area (Å²) in [6.45, 7) is 6.04. The molecule has 4 rings (SSSR count). The smallest absolute Gasteiger partial charge is 0.250 e. The SMILES string of the molecule is CC(/C=N/NC(=O)CSc1nnc(-c2ccc(C)cc2)n1-c1ccc(C)cc1)=C\c1ccccc1. The van der Waals surface area contributed by atoms with Gasteiger partial charge in [0.1, 0.15) is 0 Å². The third-order valence-corrected chi connectivity index (χ3v) is 6.15. The highest BCUT2D eigenvalue weighted by molar-refractivity contribution is 7.99. The van der Waals surface area contributed by atoms with Crippen molar-refractivity contribution in [3.63, 3.8) is 0 Å². The molecule has 4 aromatic rings. The van der Waals surface area contributed by atoms with Crippen molar-refractivity contribution in [2.45, 2.75) is 25.9 Å². The van der Waals surface area contributed by atoms with Crippen molar-refractivity contribution in [1.29, 1.82) is 0 Å². The Morgan fingerprint density at radius 2 is 1.60 bits per heavy atom. The molecule has 0 unspecified atom stereocenters. The molecule has 0 spiro atoms. The molecule has 35 heavy (non-hydrogen) atoms. The Labute approximate surface area is 209 Å². The maximum atomic E-state index is 12.4. The van der Waals surface area contributed by atoms with Gasteiger partial charge in [0.2, 0.25) is 0 Å². The number of aromatic nitrogens is 3. The van der Waals surface area contributed by atoms with E-state index in [0.717, 1.165) is 28.2 Å². The number of aryl methyl sites for hydroxylation is 2. The quantitative estimate of drug-likeness (QED) is 0.195. The van der Waals surface area contributed by atoms with Crippen molar-refractivity contribution in [3.8, 4) is 17.1 Å². The van der Waals surface area contributed by atoms with Crippen LogP contribution in [0.5, 0.6) is 0 Å². The number of nitrogens with one attached hydrogen (secondary N) is 1. The first-order valence-corrected chi connectivity index (χ1v) is 12.3. The standard InChI is InChI=1S/C28H27N5OS/c1-20-9-13-24(14-10-20)27-31-32-28(33(27)25-15-11-21(2)12-16-25)35-19-26(34)30-29-18-22(3)17-23-7-5-4-6-8-23/h4-18H,19H2,1-3H3,(H,30,34)/b22-17+,29-18+. The van der Waals surface area contributed by atoms with Crippen LogP contribution in [0.3, 0.4) is 0 Å². The molecule has 7 heteroatoms. The van der Waals surface area contributed by atoms with Crippen molar-refractivity contribution >= 4 is 30.0 Å². The van der Waals surface area contributed by atoms with Gasteiger partial charge >= 0.3 is 0 Å². The average molecular weight is 482 g/mol. The highest BCUT2D eigenvalue weighted by Gasteiger charge is 2.17.